The molecule has 3 heterocycles. The summed E-state index contributed by atoms with van der Waals surface area (Å²) in [6, 6.07) is 14.6. The summed E-state index contributed by atoms with van der Waals surface area (Å²) < 4.78 is 13.9. The number of anilines is 1. The van der Waals surface area contributed by atoms with E-state index in [1.165, 1.54) is 49.1 Å². The summed E-state index contributed by atoms with van der Waals surface area (Å²) in [6.45, 7) is 4.49. The maximum atomic E-state index is 5.96. The van der Waals surface area contributed by atoms with Crippen molar-refractivity contribution in [2.45, 2.75) is 64.1 Å². The molecule has 5 rings (SSSR count). The van der Waals surface area contributed by atoms with Crippen LogP contribution in [0.2, 0.25) is 0 Å². The third-order valence-electron chi connectivity index (χ3n) is 7.53. The Balaban J connectivity index is 1.67. The molecule has 0 unspecified atom stereocenters. The summed E-state index contributed by atoms with van der Waals surface area (Å²) in [4.78, 5) is 6.90. The van der Waals surface area contributed by atoms with Crippen molar-refractivity contribution in [3.63, 3.8) is 0 Å². The summed E-state index contributed by atoms with van der Waals surface area (Å²) in [7, 11) is 3.37. The van der Waals surface area contributed by atoms with Gasteiger partial charge in [-0.2, -0.15) is 0 Å². The van der Waals surface area contributed by atoms with Gasteiger partial charge in [-0.15, -0.1) is 0 Å². The summed E-state index contributed by atoms with van der Waals surface area (Å²) in [5.41, 5.74) is 5.72. The van der Waals surface area contributed by atoms with E-state index in [1.54, 1.807) is 14.2 Å². The molecule has 7 heteroatoms. The fourth-order valence-electron chi connectivity index (χ4n) is 5.92. The molecule has 3 aromatic rings. The van der Waals surface area contributed by atoms with Crippen LogP contribution in [0.4, 0.5) is 5.69 Å². The Kier molecular flexibility index (Phi) is 6.69. The van der Waals surface area contributed by atoms with Gasteiger partial charge in [-0.05, 0) is 74.8 Å². The van der Waals surface area contributed by atoms with Gasteiger partial charge in [-0.1, -0.05) is 25.3 Å². The molecule has 6 nitrogen and oxygen atoms in total. The molecule has 35 heavy (non-hydrogen) atoms. The average molecular weight is 491 g/mol. The Morgan fingerprint density at radius 3 is 2.49 bits per heavy atom. The molecule has 2 aromatic heterocycles. The van der Waals surface area contributed by atoms with Gasteiger partial charge in [-0.3, -0.25) is 4.98 Å². The van der Waals surface area contributed by atoms with Gasteiger partial charge in [0.05, 0.1) is 37.7 Å². The number of nitrogens with zero attached hydrogens (tertiary/aromatic N) is 3. The fraction of sp³-hybridized carbons (Fsp3) is 0.429. The minimum absolute atomic E-state index is 0.0815. The number of hydrogen-bond acceptors (Lipinski definition) is 4. The van der Waals surface area contributed by atoms with Crippen molar-refractivity contribution in [3.8, 4) is 11.5 Å². The standard InChI is InChI=1S/C28H34N4O2S/c1-18-16-22(19(2)31(18)20-10-6-5-7-11-20)27-26(23-12-8-9-15-29-23)30-28(35)32(27)24-17-21(33-3)13-14-25(24)34-4/h8-9,12-17,20,26-27H,5-7,10-11H2,1-4H3,(H,30,35)/t26-,27+/m1/s1. The summed E-state index contributed by atoms with van der Waals surface area (Å²) >= 11 is 5.96. The van der Waals surface area contributed by atoms with Crippen LogP contribution in [-0.2, 0) is 0 Å². The molecule has 1 aromatic carbocycles. The van der Waals surface area contributed by atoms with Crippen molar-refractivity contribution < 1.29 is 9.47 Å². The van der Waals surface area contributed by atoms with Crippen LogP contribution in [0.15, 0.2) is 48.7 Å². The number of thiocarbonyl (C=S) groups is 1. The zero-order chi connectivity index (χ0) is 24.5. The van der Waals surface area contributed by atoms with Crippen molar-refractivity contribution in [1.82, 2.24) is 14.9 Å². The smallest absolute Gasteiger partial charge is 0.174 e. The Labute approximate surface area is 213 Å². The van der Waals surface area contributed by atoms with Gasteiger partial charge in [-0.25, -0.2) is 0 Å². The van der Waals surface area contributed by atoms with Crippen LogP contribution in [0.25, 0.3) is 0 Å². The number of rotatable bonds is 6. The van der Waals surface area contributed by atoms with E-state index in [1.807, 2.05) is 36.5 Å². The van der Waals surface area contributed by atoms with Crippen LogP contribution in [0.5, 0.6) is 11.5 Å². The van der Waals surface area contributed by atoms with E-state index in [-0.39, 0.29) is 12.1 Å². The molecule has 2 fully saturated rings. The molecule has 2 atom stereocenters. The van der Waals surface area contributed by atoms with Crippen LogP contribution >= 0.6 is 12.2 Å². The number of ether oxygens (including phenoxy) is 2. The first-order valence-electron chi connectivity index (χ1n) is 12.4. The average Bonchev–Trinajstić information content (AvgIpc) is 3.39. The lowest BCUT2D eigenvalue weighted by atomic mass is 9.94. The lowest BCUT2D eigenvalue weighted by Gasteiger charge is -2.30. The van der Waals surface area contributed by atoms with Crippen molar-refractivity contribution in [2.75, 3.05) is 19.1 Å². The maximum Gasteiger partial charge on any atom is 0.174 e. The van der Waals surface area contributed by atoms with Crippen LogP contribution in [0, 0.1) is 13.8 Å². The number of pyridine rings is 1. The number of benzene rings is 1. The Hall–Kier alpha value is -3.06. The van der Waals surface area contributed by atoms with Crippen molar-refractivity contribution in [3.05, 3.63) is 71.3 Å². The van der Waals surface area contributed by atoms with E-state index < -0.39 is 0 Å². The van der Waals surface area contributed by atoms with Gasteiger partial charge in [0.15, 0.2) is 5.11 Å². The van der Waals surface area contributed by atoms with E-state index in [4.69, 9.17) is 26.7 Å². The molecule has 1 saturated heterocycles. The molecule has 0 radical (unpaired) electrons. The molecule has 2 aliphatic rings. The zero-order valence-electron chi connectivity index (χ0n) is 21.0. The minimum Gasteiger partial charge on any atom is -0.497 e. The molecule has 1 aliphatic carbocycles. The van der Waals surface area contributed by atoms with E-state index in [9.17, 15) is 0 Å². The fourth-order valence-corrected chi connectivity index (χ4v) is 6.26. The van der Waals surface area contributed by atoms with Crippen molar-refractivity contribution in [1.29, 1.82) is 0 Å². The second kappa shape index (κ2) is 9.90. The lowest BCUT2D eigenvalue weighted by molar-refractivity contribution is 0.345. The van der Waals surface area contributed by atoms with Crippen LogP contribution in [0.3, 0.4) is 0 Å². The Morgan fingerprint density at radius 1 is 1.00 bits per heavy atom. The number of aryl methyl sites for hydroxylation is 1. The first kappa shape index (κ1) is 23.7. The number of nitrogens with one attached hydrogen (secondary N) is 1. The van der Waals surface area contributed by atoms with E-state index >= 15 is 0 Å². The predicted molar refractivity (Wildman–Crippen MR) is 144 cm³/mol. The Bertz CT molecular complexity index is 1200. The molecular weight excluding hydrogens is 456 g/mol. The molecular formula is C28H34N4O2S. The first-order valence-corrected chi connectivity index (χ1v) is 12.8. The minimum atomic E-state index is -0.0973. The second-order valence-corrected chi connectivity index (χ2v) is 9.91. The van der Waals surface area contributed by atoms with Gasteiger partial charge in [0.25, 0.3) is 0 Å². The van der Waals surface area contributed by atoms with E-state index in [0.29, 0.717) is 11.2 Å². The third-order valence-corrected chi connectivity index (χ3v) is 7.84. The van der Waals surface area contributed by atoms with Crippen molar-refractivity contribution >= 4 is 23.0 Å². The SMILES string of the molecule is COc1ccc(OC)c(N2C(=S)N[C@H](c3ccccn3)[C@@H]2c2cc(C)n(C3CCCCC3)c2C)c1. The maximum absolute atomic E-state index is 5.96. The molecule has 0 spiro atoms. The predicted octanol–water partition coefficient (Wildman–Crippen LogP) is 6.20. The summed E-state index contributed by atoms with van der Waals surface area (Å²) in [5.74, 6) is 1.51. The van der Waals surface area contributed by atoms with Crippen molar-refractivity contribution in [2.24, 2.45) is 0 Å². The third kappa shape index (κ3) is 4.27. The molecule has 1 saturated carbocycles. The van der Waals surface area contributed by atoms with E-state index in [0.717, 1.165) is 22.9 Å². The highest BCUT2D eigenvalue weighted by Crippen LogP contribution is 2.47. The zero-order valence-corrected chi connectivity index (χ0v) is 21.8. The van der Waals surface area contributed by atoms with Gasteiger partial charge in [0.1, 0.15) is 11.5 Å². The molecule has 1 aliphatic heterocycles. The van der Waals surface area contributed by atoms with Gasteiger partial charge >= 0.3 is 0 Å². The number of aromatic nitrogens is 2. The summed E-state index contributed by atoms with van der Waals surface area (Å²) in [5, 5.41) is 4.23. The first-order chi connectivity index (χ1) is 17.0. The highest BCUT2D eigenvalue weighted by Gasteiger charge is 2.43. The van der Waals surface area contributed by atoms with Crippen LogP contribution < -0.4 is 19.7 Å². The highest BCUT2D eigenvalue weighted by atomic mass is 32.1. The van der Waals surface area contributed by atoms with E-state index in [2.05, 4.69) is 40.8 Å². The largest absolute Gasteiger partial charge is 0.497 e. The van der Waals surface area contributed by atoms with Gasteiger partial charge in [0.2, 0.25) is 0 Å². The van der Waals surface area contributed by atoms with Crippen LogP contribution in [0.1, 0.15) is 72.9 Å². The quantitative estimate of drug-likeness (QED) is 0.415. The number of methoxy groups -OCH3 is 2. The summed E-state index contributed by atoms with van der Waals surface area (Å²) in [6.07, 6.45) is 8.28. The molecule has 184 valence electrons. The second-order valence-electron chi connectivity index (χ2n) is 9.52. The van der Waals surface area contributed by atoms with Crippen LogP contribution in [-0.4, -0.2) is 28.9 Å². The molecule has 0 amide bonds. The normalized spacial score (nSPS) is 20.7. The van der Waals surface area contributed by atoms with Gasteiger partial charge < -0.3 is 24.3 Å². The highest BCUT2D eigenvalue weighted by molar-refractivity contribution is 7.80. The van der Waals surface area contributed by atoms with Gasteiger partial charge in [0, 0.05) is 29.7 Å². The lowest BCUT2D eigenvalue weighted by Crippen LogP contribution is -2.30. The molecule has 0 bridgehead atoms. The monoisotopic (exact) mass is 490 g/mol. The number of hydrogen-bond donors (Lipinski definition) is 1. The topological polar surface area (TPSA) is 51.6 Å². The Morgan fingerprint density at radius 2 is 1.80 bits per heavy atom. The molecule has 1 N–H and O–H groups in total.